The molecule has 6 nitrogen and oxygen atoms in total. The molecule has 1 aliphatic rings. The lowest BCUT2D eigenvalue weighted by Gasteiger charge is -2.08. The summed E-state index contributed by atoms with van der Waals surface area (Å²) in [6.07, 6.45) is -5.08. The first-order valence-electron chi connectivity index (χ1n) is 4.20. The molecule has 3 N–H and O–H groups in total. The van der Waals surface area contributed by atoms with Crippen LogP contribution < -0.4 is 5.73 Å². The topological polar surface area (TPSA) is 92.9 Å². The predicted octanol–water partition coefficient (Wildman–Crippen LogP) is -0.259. The first-order valence-corrected chi connectivity index (χ1v) is 4.20. The molecule has 1 atom stereocenters. The van der Waals surface area contributed by atoms with Gasteiger partial charge in [0.25, 0.3) is 5.91 Å². The van der Waals surface area contributed by atoms with Crippen LogP contribution in [-0.4, -0.2) is 47.4 Å². The fraction of sp³-hybridized carbons (Fsp3) is 0.714. The van der Waals surface area contributed by atoms with Crippen molar-refractivity contribution in [2.75, 3.05) is 13.2 Å². The average molecular weight is 244 g/mol. The zero-order valence-corrected chi connectivity index (χ0v) is 8.32. The van der Waals surface area contributed by atoms with Gasteiger partial charge in [0, 0.05) is 6.54 Å². The Balaban J connectivity index is 0.000000293. The number of nitrogens with zero attached hydrogens (tertiary/aromatic N) is 1. The zero-order chi connectivity index (χ0) is 12.9. The molecule has 94 valence electrons. The summed E-state index contributed by atoms with van der Waals surface area (Å²) in [5.74, 6) is -2.87. The number of halogens is 3. The standard InChI is InChI=1S/C5H10N2O2.C2HF3O2/c1-2-7-5(8)4(6)3-9-7;3-2(4,5)1(6)7/h4H,2-3,6H2,1H3;(H,6,7)/t4-;/m1./s1. The van der Waals surface area contributed by atoms with Gasteiger partial charge in [-0.2, -0.15) is 13.2 Å². The molecule has 0 spiro atoms. The first-order chi connectivity index (χ1) is 7.20. The molecule has 1 amide bonds. The van der Waals surface area contributed by atoms with Gasteiger partial charge in [0.1, 0.15) is 6.04 Å². The van der Waals surface area contributed by atoms with Crippen LogP contribution >= 0.6 is 0 Å². The average Bonchev–Trinajstić information content (AvgIpc) is 2.47. The molecule has 0 aromatic carbocycles. The third-order valence-corrected chi connectivity index (χ3v) is 1.50. The Morgan fingerprint density at radius 1 is 1.69 bits per heavy atom. The SMILES string of the molecule is CCN1OC[C@@H](N)C1=O.O=C(O)C(F)(F)F. The van der Waals surface area contributed by atoms with E-state index in [-0.39, 0.29) is 5.91 Å². The maximum Gasteiger partial charge on any atom is 0.490 e. The van der Waals surface area contributed by atoms with Gasteiger partial charge in [-0.1, -0.05) is 0 Å². The number of carboxylic acid groups (broad SMARTS) is 1. The lowest BCUT2D eigenvalue weighted by atomic mass is 10.3. The predicted molar refractivity (Wildman–Crippen MR) is 45.0 cm³/mol. The fourth-order valence-corrected chi connectivity index (χ4v) is 0.737. The Morgan fingerprint density at radius 2 is 2.12 bits per heavy atom. The highest BCUT2D eigenvalue weighted by Crippen LogP contribution is 2.13. The van der Waals surface area contributed by atoms with Crippen LogP contribution in [0.1, 0.15) is 6.92 Å². The highest BCUT2D eigenvalue weighted by molar-refractivity contribution is 5.82. The summed E-state index contributed by atoms with van der Waals surface area (Å²) in [6, 6.07) is -0.440. The van der Waals surface area contributed by atoms with E-state index >= 15 is 0 Å². The van der Waals surface area contributed by atoms with Gasteiger partial charge in [-0.05, 0) is 6.92 Å². The highest BCUT2D eigenvalue weighted by Gasteiger charge is 2.38. The van der Waals surface area contributed by atoms with Crippen molar-refractivity contribution in [3.63, 3.8) is 0 Å². The molecule has 1 aliphatic heterocycles. The number of carboxylic acids is 1. The molecular weight excluding hydrogens is 233 g/mol. The molecule has 1 saturated heterocycles. The second-order valence-electron chi connectivity index (χ2n) is 2.74. The lowest BCUT2D eigenvalue weighted by Crippen LogP contribution is -2.34. The summed E-state index contributed by atoms with van der Waals surface area (Å²) in [4.78, 5) is 24.6. The van der Waals surface area contributed by atoms with Crippen molar-refractivity contribution in [1.82, 2.24) is 5.06 Å². The normalized spacial score (nSPS) is 20.4. The Hall–Kier alpha value is -1.35. The maximum absolute atomic E-state index is 10.8. The zero-order valence-electron chi connectivity index (χ0n) is 8.32. The first kappa shape index (κ1) is 14.6. The van der Waals surface area contributed by atoms with Crippen LogP contribution in [0.25, 0.3) is 0 Å². The van der Waals surface area contributed by atoms with Crippen LogP contribution in [0.2, 0.25) is 0 Å². The van der Waals surface area contributed by atoms with E-state index in [4.69, 9.17) is 20.5 Å². The summed E-state index contributed by atoms with van der Waals surface area (Å²) in [7, 11) is 0. The Labute approximate surface area is 88.7 Å². The van der Waals surface area contributed by atoms with Crippen LogP contribution in [0.4, 0.5) is 13.2 Å². The summed E-state index contributed by atoms with van der Waals surface area (Å²) in [5, 5.41) is 8.41. The molecule has 1 fully saturated rings. The number of carbonyl (C=O) groups is 2. The smallest absolute Gasteiger partial charge is 0.475 e. The number of nitrogens with two attached hydrogens (primary N) is 1. The second kappa shape index (κ2) is 5.66. The lowest BCUT2D eigenvalue weighted by molar-refractivity contribution is -0.192. The van der Waals surface area contributed by atoms with Gasteiger partial charge in [0.15, 0.2) is 0 Å². The van der Waals surface area contributed by atoms with Crippen molar-refractivity contribution >= 4 is 11.9 Å². The maximum atomic E-state index is 10.8. The number of hydrogen-bond acceptors (Lipinski definition) is 4. The van der Waals surface area contributed by atoms with Crippen LogP contribution in [0.3, 0.4) is 0 Å². The van der Waals surface area contributed by atoms with E-state index in [9.17, 15) is 18.0 Å². The summed E-state index contributed by atoms with van der Waals surface area (Å²) in [6.45, 7) is 2.75. The van der Waals surface area contributed by atoms with E-state index in [2.05, 4.69) is 0 Å². The van der Waals surface area contributed by atoms with Gasteiger partial charge < -0.3 is 10.8 Å². The summed E-state index contributed by atoms with van der Waals surface area (Å²) in [5.41, 5.74) is 5.33. The van der Waals surface area contributed by atoms with Crippen LogP contribution in [-0.2, 0) is 14.4 Å². The Kier molecular flexibility index (Phi) is 5.18. The Bertz CT molecular complexity index is 269. The summed E-state index contributed by atoms with van der Waals surface area (Å²) >= 11 is 0. The molecular formula is C7H11F3N2O4. The quantitative estimate of drug-likeness (QED) is 0.663. The Morgan fingerprint density at radius 3 is 2.25 bits per heavy atom. The minimum Gasteiger partial charge on any atom is -0.475 e. The van der Waals surface area contributed by atoms with Gasteiger partial charge in [0.2, 0.25) is 0 Å². The number of carbonyl (C=O) groups excluding carboxylic acids is 1. The molecule has 0 aromatic rings. The molecule has 0 radical (unpaired) electrons. The van der Waals surface area contributed by atoms with Crippen molar-refractivity contribution < 1.29 is 32.7 Å². The minimum atomic E-state index is -5.08. The van der Waals surface area contributed by atoms with Gasteiger partial charge in [-0.25, -0.2) is 9.86 Å². The second-order valence-corrected chi connectivity index (χ2v) is 2.74. The number of hydrogen-bond donors (Lipinski definition) is 2. The van der Waals surface area contributed by atoms with E-state index in [0.717, 1.165) is 0 Å². The van der Waals surface area contributed by atoms with E-state index in [0.29, 0.717) is 13.2 Å². The number of aliphatic carboxylic acids is 1. The van der Waals surface area contributed by atoms with E-state index in [1.165, 1.54) is 5.06 Å². The van der Waals surface area contributed by atoms with E-state index in [1.807, 2.05) is 6.92 Å². The van der Waals surface area contributed by atoms with Gasteiger partial charge in [-0.15, -0.1) is 0 Å². The van der Waals surface area contributed by atoms with Crippen LogP contribution in [0, 0.1) is 0 Å². The van der Waals surface area contributed by atoms with Crippen LogP contribution in [0.15, 0.2) is 0 Å². The largest absolute Gasteiger partial charge is 0.490 e. The van der Waals surface area contributed by atoms with Crippen molar-refractivity contribution in [3.05, 3.63) is 0 Å². The summed E-state index contributed by atoms with van der Waals surface area (Å²) < 4.78 is 31.7. The molecule has 16 heavy (non-hydrogen) atoms. The number of amides is 1. The van der Waals surface area contributed by atoms with Gasteiger partial charge >= 0.3 is 12.1 Å². The number of rotatable bonds is 1. The number of likely N-dealkylation sites (N-methyl/N-ethyl adjacent to an activating group) is 1. The highest BCUT2D eigenvalue weighted by atomic mass is 19.4. The van der Waals surface area contributed by atoms with Crippen molar-refractivity contribution in [3.8, 4) is 0 Å². The third-order valence-electron chi connectivity index (χ3n) is 1.50. The third kappa shape index (κ3) is 4.45. The van der Waals surface area contributed by atoms with Crippen molar-refractivity contribution in [2.45, 2.75) is 19.1 Å². The molecule has 0 bridgehead atoms. The van der Waals surface area contributed by atoms with E-state index < -0.39 is 18.2 Å². The molecule has 0 saturated carbocycles. The molecule has 1 rings (SSSR count). The fourth-order valence-electron chi connectivity index (χ4n) is 0.737. The monoisotopic (exact) mass is 244 g/mol. The van der Waals surface area contributed by atoms with Gasteiger partial charge in [0.05, 0.1) is 6.61 Å². The van der Waals surface area contributed by atoms with Crippen molar-refractivity contribution in [2.24, 2.45) is 5.73 Å². The molecule has 0 unspecified atom stereocenters. The molecule has 9 heteroatoms. The van der Waals surface area contributed by atoms with E-state index in [1.54, 1.807) is 0 Å². The van der Waals surface area contributed by atoms with Crippen molar-refractivity contribution in [1.29, 1.82) is 0 Å². The molecule has 0 aromatic heterocycles. The molecule has 0 aliphatic carbocycles. The van der Waals surface area contributed by atoms with Gasteiger partial charge in [-0.3, -0.25) is 9.63 Å². The molecule has 1 heterocycles. The minimum absolute atomic E-state index is 0.113. The number of alkyl halides is 3. The van der Waals surface area contributed by atoms with Crippen LogP contribution in [0.5, 0.6) is 0 Å². The number of hydroxylamine groups is 2.